The number of nitrogens with one attached hydrogen (secondary N) is 1. The van der Waals surface area contributed by atoms with Gasteiger partial charge in [-0.25, -0.2) is 19.2 Å². The lowest BCUT2D eigenvalue weighted by Gasteiger charge is -2.11. The SMILES string of the molecule is Cc1cc(Nc2ccccc2C(=O)O)nc(-c2cccc(F)c2)n1. The maximum Gasteiger partial charge on any atom is 0.337 e. The van der Waals surface area contributed by atoms with E-state index in [2.05, 4.69) is 15.3 Å². The third-order valence-corrected chi connectivity index (χ3v) is 3.36. The van der Waals surface area contributed by atoms with Gasteiger partial charge in [-0.2, -0.15) is 0 Å². The summed E-state index contributed by atoms with van der Waals surface area (Å²) in [5.41, 5.74) is 1.79. The van der Waals surface area contributed by atoms with Gasteiger partial charge in [0.15, 0.2) is 5.82 Å². The summed E-state index contributed by atoms with van der Waals surface area (Å²) in [6, 6.07) is 14.2. The van der Waals surface area contributed by atoms with E-state index in [4.69, 9.17) is 0 Å². The van der Waals surface area contributed by atoms with Crippen molar-refractivity contribution in [3.8, 4) is 11.4 Å². The standard InChI is InChI=1S/C18H14FN3O2/c1-11-9-16(21-15-8-3-2-7-14(15)18(23)24)22-17(20-11)12-5-4-6-13(19)10-12/h2-10H,1H3,(H,23,24)(H,20,21,22). The van der Waals surface area contributed by atoms with E-state index in [0.29, 0.717) is 28.6 Å². The Hall–Kier alpha value is -3.28. The molecule has 3 rings (SSSR count). The number of hydrogen-bond donors (Lipinski definition) is 2. The van der Waals surface area contributed by atoms with Gasteiger partial charge in [-0.15, -0.1) is 0 Å². The Morgan fingerprint density at radius 1 is 1.08 bits per heavy atom. The van der Waals surface area contributed by atoms with Crippen molar-refractivity contribution in [1.29, 1.82) is 0 Å². The molecule has 6 heteroatoms. The van der Waals surface area contributed by atoms with E-state index in [9.17, 15) is 14.3 Å². The first-order valence-electron chi connectivity index (χ1n) is 7.24. The number of hydrogen-bond acceptors (Lipinski definition) is 4. The number of carboxylic acid groups (broad SMARTS) is 1. The summed E-state index contributed by atoms with van der Waals surface area (Å²) in [6.07, 6.45) is 0. The number of carbonyl (C=O) groups is 1. The Kier molecular flexibility index (Phi) is 4.20. The molecule has 2 aromatic carbocycles. The van der Waals surface area contributed by atoms with Crippen molar-refractivity contribution in [2.45, 2.75) is 6.92 Å². The number of halogens is 1. The van der Waals surface area contributed by atoms with Crippen LogP contribution in [0, 0.1) is 12.7 Å². The van der Waals surface area contributed by atoms with Crippen molar-refractivity contribution >= 4 is 17.5 Å². The first kappa shape index (κ1) is 15.6. The Balaban J connectivity index is 2.00. The Labute approximate surface area is 137 Å². The lowest BCUT2D eigenvalue weighted by Crippen LogP contribution is -2.04. The molecule has 0 fully saturated rings. The summed E-state index contributed by atoms with van der Waals surface area (Å²) < 4.78 is 13.4. The van der Waals surface area contributed by atoms with Crippen molar-refractivity contribution in [2.75, 3.05) is 5.32 Å². The average Bonchev–Trinajstić information content (AvgIpc) is 2.54. The molecule has 0 unspecified atom stereocenters. The smallest absolute Gasteiger partial charge is 0.337 e. The van der Waals surface area contributed by atoms with E-state index in [1.165, 1.54) is 18.2 Å². The van der Waals surface area contributed by atoms with E-state index < -0.39 is 5.97 Å². The van der Waals surface area contributed by atoms with Gasteiger partial charge in [0.25, 0.3) is 0 Å². The number of nitrogens with zero attached hydrogens (tertiary/aromatic N) is 2. The molecule has 3 aromatic rings. The first-order valence-corrected chi connectivity index (χ1v) is 7.24. The van der Waals surface area contributed by atoms with Crippen LogP contribution in [0.4, 0.5) is 15.9 Å². The van der Waals surface area contributed by atoms with Crippen molar-refractivity contribution in [2.24, 2.45) is 0 Å². The van der Waals surface area contributed by atoms with Crippen LogP contribution < -0.4 is 5.32 Å². The second-order valence-electron chi connectivity index (χ2n) is 5.20. The molecular formula is C18H14FN3O2. The number of anilines is 2. The normalized spacial score (nSPS) is 10.4. The Morgan fingerprint density at radius 2 is 1.88 bits per heavy atom. The number of aromatic nitrogens is 2. The number of aryl methyl sites for hydroxylation is 1. The molecule has 5 nitrogen and oxygen atoms in total. The fraction of sp³-hybridized carbons (Fsp3) is 0.0556. The predicted octanol–water partition coefficient (Wildman–Crippen LogP) is 4.03. The summed E-state index contributed by atoms with van der Waals surface area (Å²) in [5, 5.41) is 12.2. The molecule has 0 radical (unpaired) electrons. The molecule has 2 N–H and O–H groups in total. The van der Waals surface area contributed by atoms with E-state index in [-0.39, 0.29) is 11.4 Å². The minimum absolute atomic E-state index is 0.140. The maximum atomic E-state index is 13.4. The highest BCUT2D eigenvalue weighted by Crippen LogP contribution is 2.23. The van der Waals surface area contributed by atoms with Crippen LogP contribution in [0.25, 0.3) is 11.4 Å². The third-order valence-electron chi connectivity index (χ3n) is 3.36. The van der Waals surface area contributed by atoms with Crippen LogP contribution in [0.2, 0.25) is 0 Å². The quantitative estimate of drug-likeness (QED) is 0.758. The fourth-order valence-electron chi connectivity index (χ4n) is 2.31. The maximum absolute atomic E-state index is 13.4. The van der Waals surface area contributed by atoms with Gasteiger partial charge in [-0.3, -0.25) is 0 Å². The number of benzene rings is 2. The van der Waals surface area contributed by atoms with E-state index in [1.807, 2.05) is 0 Å². The molecule has 120 valence electrons. The monoisotopic (exact) mass is 323 g/mol. The Morgan fingerprint density at radius 3 is 2.62 bits per heavy atom. The summed E-state index contributed by atoms with van der Waals surface area (Å²) in [4.78, 5) is 20.0. The number of rotatable bonds is 4. The van der Waals surface area contributed by atoms with Crippen LogP contribution >= 0.6 is 0 Å². The van der Waals surface area contributed by atoms with E-state index in [0.717, 1.165) is 0 Å². The minimum atomic E-state index is -1.03. The lowest BCUT2D eigenvalue weighted by atomic mass is 10.1. The van der Waals surface area contributed by atoms with Crippen molar-refractivity contribution in [3.63, 3.8) is 0 Å². The molecule has 0 saturated carbocycles. The highest BCUT2D eigenvalue weighted by molar-refractivity contribution is 5.95. The zero-order valence-corrected chi connectivity index (χ0v) is 12.8. The number of carboxylic acids is 1. The van der Waals surface area contributed by atoms with Crippen LogP contribution in [-0.2, 0) is 0 Å². The summed E-state index contributed by atoms with van der Waals surface area (Å²) >= 11 is 0. The number of aromatic carboxylic acids is 1. The molecule has 24 heavy (non-hydrogen) atoms. The van der Waals surface area contributed by atoms with Gasteiger partial charge >= 0.3 is 5.97 Å². The van der Waals surface area contributed by atoms with Crippen LogP contribution in [0.1, 0.15) is 16.1 Å². The lowest BCUT2D eigenvalue weighted by molar-refractivity contribution is 0.0698. The van der Waals surface area contributed by atoms with Crippen LogP contribution in [0.5, 0.6) is 0 Å². The zero-order valence-electron chi connectivity index (χ0n) is 12.8. The summed E-state index contributed by atoms with van der Waals surface area (Å²) in [7, 11) is 0. The van der Waals surface area contributed by atoms with Crippen molar-refractivity contribution in [3.05, 3.63) is 71.7 Å². The average molecular weight is 323 g/mol. The van der Waals surface area contributed by atoms with E-state index in [1.54, 1.807) is 43.3 Å². The van der Waals surface area contributed by atoms with Gasteiger partial charge < -0.3 is 10.4 Å². The van der Waals surface area contributed by atoms with Crippen LogP contribution in [-0.4, -0.2) is 21.0 Å². The highest BCUT2D eigenvalue weighted by atomic mass is 19.1. The highest BCUT2D eigenvalue weighted by Gasteiger charge is 2.11. The summed E-state index contributed by atoms with van der Waals surface area (Å²) in [6.45, 7) is 1.79. The minimum Gasteiger partial charge on any atom is -0.478 e. The van der Waals surface area contributed by atoms with Crippen molar-refractivity contribution in [1.82, 2.24) is 9.97 Å². The van der Waals surface area contributed by atoms with Gasteiger partial charge in [-0.1, -0.05) is 24.3 Å². The molecule has 0 bridgehead atoms. The topological polar surface area (TPSA) is 75.1 Å². The van der Waals surface area contributed by atoms with Gasteiger partial charge in [0.1, 0.15) is 11.6 Å². The molecule has 0 spiro atoms. The van der Waals surface area contributed by atoms with Gasteiger partial charge in [0, 0.05) is 17.3 Å². The molecule has 0 aliphatic carbocycles. The molecule has 1 aromatic heterocycles. The third kappa shape index (κ3) is 3.38. The molecular weight excluding hydrogens is 309 g/mol. The molecule has 0 aliphatic rings. The van der Waals surface area contributed by atoms with Crippen LogP contribution in [0.15, 0.2) is 54.6 Å². The Bertz CT molecular complexity index is 912. The van der Waals surface area contributed by atoms with Crippen LogP contribution in [0.3, 0.4) is 0 Å². The number of para-hydroxylation sites is 1. The molecule has 1 heterocycles. The molecule has 0 amide bonds. The molecule has 0 atom stereocenters. The van der Waals surface area contributed by atoms with Crippen molar-refractivity contribution < 1.29 is 14.3 Å². The van der Waals surface area contributed by atoms with E-state index >= 15 is 0 Å². The first-order chi connectivity index (χ1) is 11.5. The zero-order chi connectivity index (χ0) is 17.1. The fourth-order valence-corrected chi connectivity index (χ4v) is 2.31. The predicted molar refractivity (Wildman–Crippen MR) is 88.8 cm³/mol. The second-order valence-corrected chi connectivity index (χ2v) is 5.20. The molecule has 0 saturated heterocycles. The van der Waals surface area contributed by atoms with Gasteiger partial charge in [-0.05, 0) is 31.2 Å². The summed E-state index contributed by atoms with van der Waals surface area (Å²) in [5.74, 6) is -0.599. The molecule has 0 aliphatic heterocycles. The van der Waals surface area contributed by atoms with Gasteiger partial charge in [0.05, 0.1) is 11.3 Å². The second kappa shape index (κ2) is 6.45. The largest absolute Gasteiger partial charge is 0.478 e. The van der Waals surface area contributed by atoms with Gasteiger partial charge in [0.2, 0.25) is 0 Å².